The average Bonchev–Trinajstić information content (AvgIpc) is 3.20. The van der Waals surface area contributed by atoms with Gasteiger partial charge < -0.3 is 5.32 Å². The number of nitrogens with one attached hydrogen (secondary N) is 1. The Kier molecular flexibility index (Phi) is 3.78. The van der Waals surface area contributed by atoms with Crippen LogP contribution < -0.4 is 5.32 Å². The summed E-state index contributed by atoms with van der Waals surface area (Å²) in [6.07, 6.45) is 3.64. The van der Waals surface area contributed by atoms with Crippen molar-refractivity contribution in [2.75, 3.05) is 11.9 Å². The Balaban J connectivity index is 1.47. The summed E-state index contributed by atoms with van der Waals surface area (Å²) in [5, 5.41) is 4.37. The Hall–Kier alpha value is -1.42. The number of aromatic nitrogens is 2. The molecule has 19 heavy (non-hydrogen) atoms. The van der Waals surface area contributed by atoms with E-state index in [4.69, 9.17) is 0 Å². The van der Waals surface area contributed by atoms with E-state index in [9.17, 15) is 0 Å². The van der Waals surface area contributed by atoms with Gasteiger partial charge in [0.2, 0.25) is 5.13 Å². The molecule has 1 saturated carbocycles. The number of rotatable bonds is 6. The van der Waals surface area contributed by atoms with E-state index in [0.717, 1.165) is 23.9 Å². The minimum atomic E-state index is 0.574. The van der Waals surface area contributed by atoms with E-state index in [2.05, 4.69) is 51.9 Å². The van der Waals surface area contributed by atoms with Crippen molar-refractivity contribution in [1.82, 2.24) is 9.36 Å². The lowest BCUT2D eigenvalue weighted by molar-refractivity contribution is 0.705. The van der Waals surface area contributed by atoms with Crippen molar-refractivity contribution in [1.29, 1.82) is 0 Å². The summed E-state index contributed by atoms with van der Waals surface area (Å²) in [6, 6.07) is 10.7. The molecule has 1 aromatic carbocycles. The normalized spacial score (nSPS) is 16.3. The first-order valence-electron chi connectivity index (χ1n) is 6.95. The van der Waals surface area contributed by atoms with E-state index in [-0.39, 0.29) is 0 Å². The highest BCUT2D eigenvalue weighted by atomic mass is 32.1. The molecule has 1 aliphatic rings. The second kappa shape index (κ2) is 5.70. The molecule has 1 aromatic heterocycles. The van der Waals surface area contributed by atoms with Gasteiger partial charge in [-0.3, -0.25) is 0 Å². The maximum Gasteiger partial charge on any atom is 0.202 e. The van der Waals surface area contributed by atoms with Gasteiger partial charge in [0.05, 0.1) is 0 Å². The van der Waals surface area contributed by atoms with Crippen molar-refractivity contribution in [2.45, 2.75) is 38.0 Å². The second-order valence-electron chi connectivity index (χ2n) is 5.26. The lowest BCUT2D eigenvalue weighted by Crippen LogP contribution is -2.05. The summed E-state index contributed by atoms with van der Waals surface area (Å²) >= 11 is 1.49. The van der Waals surface area contributed by atoms with Gasteiger partial charge in [-0.2, -0.15) is 4.37 Å². The smallest absolute Gasteiger partial charge is 0.202 e. The van der Waals surface area contributed by atoms with E-state index in [1.54, 1.807) is 0 Å². The molecule has 1 unspecified atom stereocenters. The predicted octanol–water partition coefficient (Wildman–Crippen LogP) is 4.02. The molecule has 1 aliphatic carbocycles. The molecule has 4 heteroatoms. The van der Waals surface area contributed by atoms with E-state index in [1.165, 1.54) is 29.9 Å². The molecule has 3 rings (SSSR count). The maximum absolute atomic E-state index is 4.54. The standard InChI is InChI=1S/C15H19N3S/c1-11(12-5-3-2-4-6-12)9-10-16-15-17-14(18-19-15)13-7-8-13/h2-6,11,13H,7-10H2,1H3,(H,16,17,18). The Morgan fingerprint density at radius 1 is 1.32 bits per heavy atom. The zero-order chi connectivity index (χ0) is 13.1. The van der Waals surface area contributed by atoms with Crippen LogP contribution in [0.15, 0.2) is 30.3 Å². The molecule has 1 fully saturated rings. The van der Waals surface area contributed by atoms with E-state index < -0.39 is 0 Å². The number of benzene rings is 1. The van der Waals surface area contributed by atoms with Gasteiger partial charge in [-0.15, -0.1) is 0 Å². The van der Waals surface area contributed by atoms with Crippen LogP contribution in [0.4, 0.5) is 5.13 Å². The van der Waals surface area contributed by atoms with Gasteiger partial charge in [0.25, 0.3) is 0 Å². The van der Waals surface area contributed by atoms with Gasteiger partial charge >= 0.3 is 0 Å². The van der Waals surface area contributed by atoms with Crippen molar-refractivity contribution in [3.63, 3.8) is 0 Å². The first kappa shape index (κ1) is 12.6. The van der Waals surface area contributed by atoms with Crippen LogP contribution in [0.2, 0.25) is 0 Å². The van der Waals surface area contributed by atoms with Gasteiger partial charge in [-0.1, -0.05) is 37.3 Å². The molecule has 1 atom stereocenters. The van der Waals surface area contributed by atoms with E-state index in [1.807, 2.05) is 0 Å². The number of nitrogens with zero attached hydrogens (tertiary/aromatic N) is 2. The topological polar surface area (TPSA) is 37.8 Å². The largest absolute Gasteiger partial charge is 0.360 e. The third-order valence-corrected chi connectivity index (χ3v) is 4.29. The van der Waals surface area contributed by atoms with Crippen molar-refractivity contribution < 1.29 is 0 Å². The fourth-order valence-corrected chi connectivity index (χ4v) is 2.83. The van der Waals surface area contributed by atoms with Gasteiger partial charge in [0.1, 0.15) is 5.82 Å². The van der Waals surface area contributed by atoms with Crippen LogP contribution in [-0.4, -0.2) is 15.9 Å². The number of anilines is 1. The molecule has 0 aliphatic heterocycles. The minimum absolute atomic E-state index is 0.574. The zero-order valence-corrected chi connectivity index (χ0v) is 12.0. The van der Waals surface area contributed by atoms with Crippen LogP contribution >= 0.6 is 11.5 Å². The lowest BCUT2D eigenvalue weighted by atomic mass is 9.98. The molecule has 1 heterocycles. The van der Waals surface area contributed by atoms with Crippen molar-refractivity contribution in [3.05, 3.63) is 41.7 Å². The molecular weight excluding hydrogens is 254 g/mol. The van der Waals surface area contributed by atoms with E-state index >= 15 is 0 Å². The Labute approximate surface area is 118 Å². The molecule has 0 spiro atoms. The second-order valence-corrected chi connectivity index (χ2v) is 6.01. The third-order valence-electron chi connectivity index (χ3n) is 3.61. The minimum Gasteiger partial charge on any atom is -0.360 e. The molecule has 100 valence electrons. The summed E-state index contributed by atoms with van der Waals surface area (Å²) in [4.78, 5) is 4.54. The van der Waals surface area contributed by atoms with Crippen molar-refractivity contribution >= 4 is 16.7 Å². The highest BCUT2D eigenvalue weighted by Crippen LogP contribution is 2.39. The van der Waals surface area contributed by atoms with Crippen LogP contribution in [0.1, 0.15) is 49.4 Å². The van der Waals surface area contributed by atoms with Crippen LogP contribution in [0.3, 0.4) is 0 Å². The number of hydrogen-bond acceptors (Lipinski definition) is 4. The first-order chi connectivity index (χ1) is 9.33. The molecule has 1 N–H and O–H groups in total. The van der Waals surface area contributed by atoms with Crippen LogP contribution in [0.5, 0.6) is 0 Å². The average molecular weight is 273 g/mol. The lowest BCUT2D eigenvalue weighted by Gasteiger charge is -2.11. The summed E-state index contributed by atoms with van der Waals surface area (Å²) in [5.41, 5.74) is 1.40. The SMILES string of the molecule is CC(CCNc1nc(C2CC2)ns1)c1ccccc1. The van der Waals surface area contributed by atoms with Crippen LogP contribution in [0.25, 0.3) is 0 Å². The van der Waals surface area contributed by atoms with Gasteiger partial charge in [0.15, 0.2) is 0 Å². The van der Waals surface area contributed by atoms with Crippen LogP contribution in [0, 0.1) is 0 Å². The summed E-state index contributed by atoms with van der Waals surface area (Å²) in [6.45, 7) is 3.22. The highest BCUT2D eigenvalue weighted by Gasteiger charge is 2.27. The molecule has 0 amide bonds. The zero-order valence-electron chi connectivity index (χ0n) is 11.2. The molecule has 3 nitrogen and oxygen atoms in total. The van der Waals surface area contributed by atoms with Gasteiger partial charge in [-0.05, 0) is 30.7 Å². The Bertz CT molecular complexity index is 519. The Morgan fingerprint density at radius 2 is 2.11 bits per heavy atom. The molecule has 0 saturated heterocycles. The monoisotopic (exact) mass is 273 g/mol. The van der Waals surface area contributed by atoms with E-state index in [0.29, 0.717) is 11.8 Å². The van der Waals surface area contributed by atoms with Crippen molar-refractivity contribution in [2.24, 2.45) is 0 Å². The molecule has 0 bridgehead atoms. The van der Waals surface area contributed by atoms with Crippen molar-refractivity contribution in [3.8, 4) is 0 Å². The molecule has 2 aromatic rings. The molecular formula is C15H19N3S. The predicted molar refractivity (Wildman–Crippen MR) is 79.8 cm³/mol. The maximum atomic E-state index is 4.54. The fourth-order valence-electron chi connectivity index (χ4n) is 2.16. The summed E-state index contributed by atoms with van der Waals surface area (Å²) in [5.74, 6) is 2.27. The number of hydrogen-bond donors (Lipinski definition) is 1. The summed E-state index contributed by atoms with van der Waals surface area (Å²) in [7, 11) is 0. The highest BCUT2D eigenvalue weighted by molar-refractivity contribution is 7.09. The van der Waals surface area contributed by atoms with Crippen LogP contribution in [-0.2, 0) is 0 Å². The Morgan fingerprint density at radius 3 is 2.84 bits per heavy atom. The third kappa shape index (κ3) is 3.32. The molecule has 0 radical (unpaired) electrons. The first-order valence-corrected chi connectivity index (χ1v) is 7.72. The van der Waals surface area contributed by atoms with Gasteiger partial charge in [-0.25, -0.2) is 4.98 Å². The van der Waals surface area contributed by atoms with Gasteiger partial charge in [0, 0.05) is 24.0 Å². The summed E-state index contributed by atoms with van der Waals surface area (Å²) < 4.78 is 4.40. The fraction of sp³-hybridized carbons (Fsp3) is 0.467. The quantitative estimate of drug-likeness (QED) is 0.863.